The number of benzene rings is 2. The standard InChI is InChI=1S/C24H25FN2O2/c25-19-12-10-17(11-13-19)15-26-23(28)14-21-20-8-4-5-9-22(20)27(24(21)29)16-18-6-2-1-3-7-18/h1-3,6-7,10-13,22H,4-5,8-9,14-16H2,(H,26,28). The van der Waals surface area contributed by atoms with Crippen LogP contribution in [0.4, 0.5) is 4.39 Å². The first-order chi connectivity index (χ1) is 14.1. The molecule has 0 saturated heterocycles. The number of amides is 2. The van der Waals surface area contributed by atoms with Gasteiger partial charge in [-0.3, -0.25) is 9.59 Å². The number of carbonyl (C=O) groups is 2. The lowest BCUT2D eigenvalue weighted by Crippen LogP contribution is -2.36. The van der Waals surface area contributed by atoms with Crippen LogP contribution < -0.4 is 5.32 Å². The smallest absolute Gasteiger partial charge is 0.251 e. The van der Waals surface area contributed by atoms with E-state index in [4.69, 9.17) is 0 Å². The summed E-state index contributed by atoms with van der Waals surface area (Å²) < 4.78 is 13.0. The van der Waals surface area contributed by atoms with Gasteiger partial charge in [0.2, 0.25) is 5.91 Å². The zero-order chi connectivity index (χ0) is 20.2. The van der Waals surface area contributed by atoms with Crippen molar-refractivity contribution in [2.75, 3.05) is 0 Å². The zero-order valence-corrected chi connectivity index (χ0v) is 16.4. The van der Waals surface area contributed by atoms with E-state index in [2.05, 4.69) is 5.32 Å². The average Bonchev–Trinajstić information content (AvgIpc) is 3.00. The van der Waals surface area contributed by atoms with Crippen molar-refractivity contribution in [2.45, 2.75) is 51.2 Å². The maximum absolute atomic E-state index is 13.2. The Morgan fingerprint density at radius 2 is 1.79 bits per heavy atom. The molecule has 1 fully saturated rings. The van der Waals surface area contributed by atoms with E-state index < -0.39 is 0 Å². The lowest BCUT2D eigenvalue weighted by atomic mass is 9.88. The minimum atomic E-state index is -0.301. The molecule has 2 aliphatic rings. The lowest BCUT2D eigenvalue weighted by molar-refractivity contribution is -0.129. The second-order valence-corrected chi connectivity index (χ2v) is 7.76. The molecule has 4 nitrogen and oxygen atoms in total. The van der Waals surface area contributed by atoms with Gasteiger partial charge in [-0.05, 0) is 48.1 Å². The summed E-state index contributed by atoms with van der Waals surface area (Å²) in [7, 11) is 0. The molecule has 1 heterocycles. The van der Waals surface area contributed by atoms with Crippen molar-refractivity contribution in [1.82, 2.24) is 10.2 Å². The highest BCUT2D eigenvalue weighted by Crippen LogP contribution is 2.38. The molecule has 0 radical (unpaired) electrons. The van der Waals surface area contributed by atoms with Gasteiger partial charge in [-0.1, -0.05) is 48.9 Å². The number of hydrogen-bond acceptors (Lipinski definition) is 2. The molecular weight excluding hydrogens is 367 g/mol. The summed E-state index contributed by atoms with van der Waals surface area (Å²) in [5.41, 5.74) is 3.75. The molecule has 2 aromatic rings. The molecule has 1 atom stereocenters. The molecule has 1 aliphatic carbocycles. The number of hydrogen-bond donors (Lipinski definition) is 1. The zero-order valence-electron chi connectivity index (χ0n) is 16.4. The average molecular weight is 392 g/mol. The van der Waals surface area contributed by atoms with E-state index in [1.807, 2.05) is 35.2 Å². The quantitative estimate of drug-likeness (QED) is 0.804. The molecule has 5 heteroatoms. The number of nitrogens with zero attached hydrogens (tertiary/aromatic N) is 1. The molecular formula is C24H25FN2O2. The maximum Gasteiger partial charge on any atom is 0.251 e. The Balaban J connectivity index is 1.44. The number of halogens is 1. The predicted molar refractivity (Wildman–Crippen MR) is 109 cm³/mol. The predicted octanol–water partition coefficient (Wildman–Crippen LogP) is 4.11. The van der Waals surface area contributed by atoms with E-state index in [1.54, 1.807) is 12.1 Å². The fourth-order valence-electron chi connectivity index (χ4n) is 4.32. The van der Waals surface area contributed by atoms with Crippen LogP contribution >= 0.6 is 0 Å². The summed E-state index contributed by atoms with van der Waals surface area (Å²) in [6.07, 6.45) is 4.14. The van der Waals surface area contributed by atoms with Crippen LogP contribution in [0, 0.1) is 5.82 Å². The SMILES string of the molecule is O=C(CC1=C2CCCCC2N(Cc2ccccc2)C1=O)NCc1ccc(F)cc1. The molecule has 4 rings (SSSR count). The van der Waals surface area contributed by atoms with Crippen molar-refractivity contribution in [3.63, 3.8) is 0 Å². The van der Waals surface area contributed by atoms with E-state index in [0.29, 0.717) is 18.7 Å². The van der Waals surface area contributed by atoms with Crippen LogP contribution in [0.1, 0.15) is 43.2 Å². The molecule has 0 bridgehead atoms. The van der Waals surface area contributed by atoms with E-state index >= 15 is 0 Å². The normalized spacial score (nSPS) is 18.7. The molecule has 1 unspecified atom stereocenters. The van der Waals surface area contributed by atoms with Crippen molar-refractivity contribution in [1.29, 1.82) is 0 Å². The van der Waals surface area contributed by atoms with Crippen molar-refractivity contribution >= 4 is 11.8 Å². The molecule has 150 valence electrons. The van der Waals surface area contributed by atoms with Gasteiger partial charge in [-0.15, -0.1) is 0 Å². The number of carbonyl (C=O) groups excluding carboxylic acids is 2. The highest BCUT2D eigenvalue weighted by Gasteiger charge is 2.40. The third-order valence-corrected chi connectivity index (χ3v) is 5.79. The van der Waals surface area contributed by atoms with Gasteiger partial charge in [0.1, 0.15) is 5.82 Å². The Labute approximate surface area is 170 Å². The Bertz CT molecular complexity index is 922. The fraction of sp³-hybridized carbons (Fsp3) is 0.333. The van der Waals surface area contributed by atoms with Gasteiger partial charge < -0.3 is 10.2 Å². The molecule has 1 saturated carbocycles. The largest absolute Gasteiger partial charge is 0.352 e. The summed E-state index contributed by atoms with van der Waals surface area (Å²) in [4.78, 5) is 27.6. The first-order valence-corrected chi connectivity index (χ1v) is 10.2. The maximum atomic E-state index is 13.2. The number of fused-ring (bicyclic) bond motifs is 1. The number of nitrogens with one attached hydrogen (secondary N) is 1. The molecule has 29 heavy (non-hydrogen) atoms. The second-order valence-electron chi connectivity index (χ2n) is 7.76. The molecule has 1 aliphatic heterocycles. The van der Waals surface area contributed by atoms with Gasteiger partial charge >= 0.3 is 0 Å². The molecule has 2 aromatic carbocycles. The summed E-state index contributed by atoms with van der Waals surface area (Å²) in [6.45, 7) is 0.904. The lowest BCUT2D eigenvalue weighted by Gasteiger charge is -2.30. The van der Waals surface area contributed by atoms with Gasteiger partial charge in [0, 0.05) is 18.7 Å². The van der Waals surface area contributed by atoms with E-state index in [0.717, 1.165) is 42.4 Å². The molecule has 0 spiro atoms. The molecule has 0 aromatic heterocycles. The van der Waals surface area contributed by atoms with Crippen LogP contribution in [-0.4, -0.2) is 22.8 Å². The fourth-order valence-corrected chi connectivity index (χ4v) is 4.32. The van der Waals surface area contributed by atoms with Crippen LogP contribution in [0.15, 0.2) is 65.7 Å². The van der Waals surface area contributed by atoms with Crippen LogP contribution in [0.5, 0.6) is 0 Å². The summed E-state index contributed by atoms with van der Waals surface area (Å²) >= 11 is 0. The highest BCUT2D eigenvalue weighted by atomic mass is 19.1. The Hall–Kier alpha value is -2.95. The van der Waals surface area contributed by atoms with Crippen LogP contribution in [0.25, 0.3) is 0 Å². The summed E-state index contributed by atoms with van der Waals surface area (Å²) in [5.74, 6) is -0.478. The first-order valence-electron chi connectivity index (χ1n) is 10.2. The molecule has 2 amide bonds. The van der Waals surface area contributed by atoms with Crippen molar-refractivity contribution < 1.29 is 14.0 Å². The minimum absolute atomic E-state index is 0.00677. The first kappa shape index (κ1) is 19.4. The van der Waals surface area contributed by atoms with Crippen molar-refractivity contribution in [2.24, 2.45) is 0 Å². The topological polar surface area (TPSA) is 49.4 Å². The molecule has 1 N–H and O–H groups in total. The Morgan fingerprint density at radius 1 is 1.03 bits per heavy atom. The summed E-state index contributed by atoms with van der Waals surface area (Å²) in [5, 5.41) is 2.86. The monoisotopic (exact) mass is 392 g/mol. The van der Waals surface area contributed by atoms with E-state index in [1.165, 1.54) is 12.1 Å². The third kappa shape index (κ3) is 4.39. The van der Waals surface area contributed by atoms with Gasteiger partial charge in [-0.2, -0.15) is 0 Å². The van der Waals surface area contributed by atoms with Crippen LogP contribution in [-0.2, 0) is 22.7 Å². The summed E-state index contributed by atoms with van der Waals surface area (Å²) in [6, 6.07) is 16.2. The number of rotatable bonds is 6. The van der Waals surface area contributed by atoms with Gasteiger partial charge in [0.15, 0.2) is 0 Å². The third-order valence-electron chi connectivity index (χ3n) is 5.79. The Kier molecular flexibility index (Phi) is 5.74. The van der Waals surface area contributed by atoms with Gasteiger partial charge in [0.25, 0.3) is 5.91 Å². The van der Waals surface area contributed by atoms with Gasteiger partial charge in [0.05, 0.1) is 12.5 Å². The van der Waals surface area contributed by atoms with Crippen molar-refractivity contribution in [3.8, 4) is 0 Å². The van der Waals surface area contributed by atoms with Gasteiger partial charge in [-0.25, -0.2) is 4.39 Å². The van der Waals surface area contributed by atoms with E-state index in [9.17, 15) is 14.0 Å². The minimum Gasteiger partial charge on any atom is -0.352 e. The van der Waals surface area contributed by atoms with Crippen molar-refractivity contribution in [3.05, 3.63) is 82.7 Å². The Morgan fingerprint density at radius 3 is 2.55 bits per heavy atom. The van der Waals surface area contributed by atoms with Crippen LogP contribution in [0.2, 0.25) is 0 Å². The van der Waals surface area contributed by atoms with Crippen LogP contribution in [0.3, 0.4) is 0 Å². The second kappa shape index (κ2) is 8.60. The van der Waals surface area contributed by atoms with E-state index in [-0.39, 0.29) is 30.1 Å². The highest BCUT2D eigenvalue weighted by molar-refractivity contribution is 6.02.